The minimum absolute atomic E-state index is 0.245. The Morgan fingerprint density at radius 3 is 3.18 bits per heavy atom. The van der Waals surface area contributed by atoms with Gasteiger partial charge in [0.05, 0.1) is 25.0 Å². The molecule has 94 valence electrons. The quantitative estimate of drug-likeness (QED) is 0.802. The Morgan fingerprint density at radius 2 is 2.53 bits per heavy atom. The number of ether oxygens (including phenoxy) is 1. The Balaban J connectivity index is 1.69. The Labute approximate surface area is 107 Å². The van der Waals surface area contributed by atoms with E-state index in [0.717, 1.165) is 25.2 Å². The third-order valence-electron chi connectivity index (χ3n) is 2.88. The van der Waals surface area contributed by atoms with Crippen molar-refractivity contribution in [3.8, 4) is 0 Å². The number of furan rings is 1. The van der Waals surface area contributed by atoms with E-state index in [0.29, 0.717) is 11.7 Å². The topological polar surface area (TPSA) is 46.4 Å². The first kappa shape index (κ1) is 12.4. The van der Waals surface area contributed by atoms with Crippen molar-refractivity contribution in [3.63, 3.8) is 0 Å². The fraction of sp³-hybridized carbons (Fsp3) is 0.583. The summed E-state index contributed by atoms with van der Waals surface area (Å²) in [6, 6.07) is 4.02. The van der Waals surface area contributed by atoms with Gasteiger partial charge in [0.1, 0.15) is 5.76 Å². The number of thiocarbonyl (C=S) groups is 1. The molecule has 1 aromatic rings. The molecule has 0 radical (unpaired) electrons. The zero-order chi connectivity index (χ0) is 12.1. The van der Waals surface area contributed by atoms with Gasteiger partial charge in [-0.3, -0.25) is 0 Å². The Hall–Kier alpha value is -1.07. The summed E-state index contributed by atoms with van der Waals surface area (Å²) in [5.41, 5.74) is 0. The number of nitrogens with one attached hydrogen (secondary N) is 2. The van der Waals surface area contributed by atoms with E-state index in [1.54, 1.807) is 6.26 Å². The Kier molecular flexibility index (Phi) is 4.39. The van der Waals surface area contributed by atoms with Gasteiger partial charge in [0.25, 0.3) is 0 Å². The van der Waals surface area contributed by atoms with E-state index in [2.05, 4.69) is 17.6 Å². The molecule has 2 atom stereocenters. The van der Waals surface area contributed by atoms with E-state index in [1.165, 1.54) is 0 Å². The van der Waals surface area contributed by atoms with Gasteiger partial charge in [-0.2, -0.15) is 0 Å². The first-order valence-corrected chi connectivity index (χ1v) is 6.35. The van der Waals surface area contributed by atoms with Gasteiger partial charge in [0, 0.05) is 6.61 Å². The summed E-state index contributed by atoms with van der Waals surface area (Å²) in [7, 11) is 0. The molecule has 1 saturated heterocycles. The lowest BCUT2D eigenvalue weighted by Crippen LogP contribution is -2.45. The van der Waals surface area contributed by atoms with Crippen molar-refractivity contribution in [1.29, 1.82) is 0 Å². The van der Waals surface area contributed by atoms with E-state index in [-0.39, 0.29) is 12.1 Å². The summed E-state index contributed by atoms with van der Waals surface area (Å²) in [5.74, 6) is 0.874. The minimum atomic E-state index is 0.245. The second kappa shape index (κ2) is 6.02. The average molecular weight is 254 g/mol. The summed E-state index contributed by atoms with van der Waals surface area (Å²) in [6.07, 6.45) is 4.18. The average Bonchev–Trinajstić information content (AvgIpc) is 2.99. The summed E-state index contributed by atoms with van der Waals surface area (Å²) in [5, 5.41) is 6.99. The Bertz CT molecular complexity index is 347. The first-order chi connectivity index (χ1) is 8.25. The molecule has 1 aromatic heterocycles. The molecule has 0 spiro atoms. The van der Waals surface area contributed by atoms with Gasteiger partial charge in [-0.25, -0.2) is 0 Å². The van der Waals surface area contributed by atoms with Crippen LogP contribution in [0.15, 0.2) is 22.8 Å². The van der Waals surface area contributed by atoms with Crippen LogP contribution in [0, 0.1) is 0 Å². The first-order valence-electron chi connectivity index (χ1n) is 5.94. The van der Waals surface area contributed by atoms with Crippen molar-refractivity contribution in [2.45, 2.75) is 38.5 Å². The summed E-state index contributed by atoms with van der Waals surface area (Å²) in [6.45, 7) is 3.57. The molecular formula is C12H18N2O2S. The van der Waals surface area contributed by atoms with Gasteiger partial charge in [0.15, 0.2) is 5.11 Å². The normalized spacial score (nSPS) is 21.1. The van der Waals surface area contributed by atoms with Crippen LogP contribution >= 0.6 is 12.2 Å². The second-order valence-electron chi connectivity index (χ2n) is 4.25. The van der Waals surface area contributed by atoms with Crippen molar-refractivity contribution in [1.82, 2.24) is 10.6 Å². The molecule has 0 aromatic carbocycles. The lowest BCUT2D eigenvalue weighted by atomic mass is 10.1. The van der Waals surface area contributed by atoms with Crippen LogP contribution in [-0.4, -0.2) is 23.9 Å². The number of hydrogen-bond donors (Lipinski definition) is 2. The lowest BCUT2D eigenvalue weighted by Gasteiger charge is -2.21. The van der Waals surface area contributed by atoms with Gasteiger partial charge in [0.2, 0.25) is 0 Å². The second-order valence-corrected chi connectivity index (χ2v) is 4.65. The van der Waals surface area contributed by atoms with Gasteiger partial charge in [-0.15, -0.1) is 0 Å². The molecule has 2 heterocycles. The van der Waals surface area contributed by atoms with E-state index in [9.17, 15) is 0 Å². The van der Waals surface area contributed by atoms with Crippen molar-refractivity contribution >= 4 is 17.3 Å². The van der Waals surface area contributed by atoms with Crippen LogP contribution < -0.4 is 10.6 Å². The predicted molar refractivity (Wildman–Crippen MR) is 69.7 cm³/mol. The van der Waals surface area contributed by atoms with Crippen LogP contribution in [-0.2, 0) is 11.3 Å². The number of hydrogen-bond acceptors (Lipinski definition) is 3. The standard InChI is InChI=1S/C12H18N2O2S/c1-9(11-5-3-7-16-11)14-12(17)13-8-10-4-2-6-15-10/h2,4,6,9,11H,3,5,7-8H2,1H3,(H2,13,14,17). The van der Waals surface area contributed by atoms with E-state index >= 15 is 0 Å². The molecule has 1 aliphatic rings. The van der Waals surface area contributed by atoms with Crippen molar-refractivity contribution in [3.05, 3.63) is 24.2 Å². The highest BCUT2D eigenvalue weighted by atomic mass is 32.1. The van der Waals surface area contributed by atoms with E-state index in [1.807, 2.05) is 12.1 Å². The molecule has 5 heteroatoms. The fourth-order valence-electron chi connectivity index (χ4n) is 1.93. The minimum Gasteiger partial charge on any atom is -0.467 e. The molecule has 2 N–H and O–H groups in total. The molecule has 0 bridgehead atoms. The maximum atomic E-state index is 5.60. The SMILES string of the molecule is CC(NC(=S)NCc1ccco1)C1CCCO1. The van der Waals surface area contributed by atoms with Gasteiger partial charge >= 0.3 is 0 Å². The molecule has 1 aliphatic heterocycles. The molecule has 4 nitrogen and oxygen atoms in total. The van der Waals surface area contributed by atoms with Crippen LogP contribution in [0.1, 0.15) is 25.5 Å². The van der Waals surface area contributed by atoms with Crippen LogP contribution in [0.4, 0.5) is 0 Å². The molecule has 1 fully saturated rings. The van der Waals surface area contributed by atoms with E-state index in [4.69, 9.17) is 21.4 Å². The number of rotatable bonds is 4. The summed E-state index contributed by atoms with van der Waals surface area (Å²) >= 11 is 5.22. The van der Waals surface area contributed by atoms with Crippen LogP contribution in [0.25, 0.3) is 0 Å². The molecule has 0 aliphatic carbocycles. The predicted octanol–water partition coefficient (Wildman–Crippen LogP) is 1.81. The maximum absolute atomic E-state index is 5.60. The molecule has 17 heavy (non-hydrogen) atoms. The Morgan fingerprint density at radius 1 is 1.65 bits per heavy atom. The molecular weight excluding hydrogens is 236 g/mol. The summed E-state index contributed by atoms with van der Waals surface area (Å²) < 4.78 is 10.8. The van der Waals surface area contributed by atoms with Gasteiger partial charge in [-0.1, -0.05) is 0 Å². The highest BCUT2D eigenvalue weighted by Gasteiger charge is 2.22. The molecule has 0 saturated carbocycles. The molecule has 2 unspecified atom stereocenters. The van der Waals surface area contributed by atoms with Gasteiger partial charge < -0.3 is 19.8 Å². The largest absolute Gasteiger partial charge is 0.467 e. The van der Waals surface area contributed by atoms with Crippen LogP contribution in [0.5, 0.6) is 0 Å². The van der Waals surface area contributed by atoms with Gasteiger partial charge in [-0.05, 0) is 44.1 Å². The monoisotopic (exact) mass is 254 g/mol. The van der Waals surface area contributed by atoms with Crippen LogP contribution in [0.3, 0.4) is 0 Å². The van der Waals surface area contributed by atoms with Crippen LogP contribution in [0.2, 0.25) is 0 Å². The van der Waals surface area contributed by atoms with Crippen molar-refractivity contribution < 1.29 is 9.15 Å². The molecule has 2 rings (SSSR count). The fourth-order valence-corrected chi connectivity index (χ4v) is 2.19. The van der Waals surface area contributed by atoms with E-state index < -0.39 is 0 Å². The van der Waals surface area contributed by atoms with Crippen molar-refractivity contribution in [2.75, 3.05) is 6.61 Å². The zero-order valence-corrected chi connectivity index (χ0v) is 10.8. The summed E-state index contributed by atoms with van der Waals surface area (Å²) in [4.78, 5) is 0. The lowest BCUT2D eigenvalue weighted by molar-refractivity contribution is 0.0892. The third kappa shape index (κ3) is 3.71. The smallest absolute Gasteiger partial charge is 0.166 e. The third-order valence-corrected chi connectivity index (χ3v) is 3.15. The highest BCUT2D eigenvalue weighted by molar-refractivity contribution is 7.80. The van der Waals surface area contributed by atoms with Crippen molar-refractivity contribution in [2.24, 2.45) is 0 Å². The maximum Gasteiger partial charge on any atom is 0.166 e. The molecule has 0 amide bonds. The zero-order valence-electron chi connectivity index (χ0n) is 9.94. The highest BCUT2D eigenvalue weighted by Crippen LogP contribution is 2.15.